The first-order chi connectivity index (χ1) is 28.2. The number of hydrogen-bond acceptors (Lipinski definition) is 9. The smallest absolute Gasteiger partial charge is 0.325 e. The second-order valence-corrected chi connectivity index (χ2v) is 15.4. The number of allylic oxidation sites excluding steroid dienone is 1. The number of esters is 1. The van der Waals surface area contributed by atoms with Gasteiger partial charge in [-0.1, -0.05) is 45.2 Å². The summed E-state index contributed by atoms with van der Waals surface area (Å²) in [4.78, 5) is 57.6. The first-order valence-electron chi connectivity index (χ1n) is 18.3. The third kappa shape index (κ3) is 8.89. The van der Waals surface area contributed by atoms with E-state index in [2.05, 4.69) is 26.0 Å². The number of pyridine rings is 2. The Labute approximate surface area is 357 Å². The van der Waals surface area contributed by atoms with Crippen LogP contribution in [0.5, 0.6) is 0 Å². The van der Waals surface area contributed by atoms with Gasteiger partial charge in [0.25, 0.3) is 0 Å². The molecule has 7 aromatic rings. The van der Waals surface area contributed by atoms with Gasteiger partial charge in [-0.3, -0.25) is 24.2 Å². The largest absolute Gasteiger partial charge is 0.480 e. The average molecular weight is 902 g/mol. The molecule has 0 aliphatic carbocycles. The predicted molar refractivity (Wildman–Crippen MR) is 242 cm³/mol. The highest BCUT2D eigenvalue weighted by molar-refractivity contribution is 9.10. The van der Waals surface area contributed by atoms with Crippen molar-refractivity contribution >= 4 is 112 Å². The molecule has 1 aliphatic heterocycles. The van der Waals surface area contributed by atoms with Crippen LogP contribution in [0.15, 0.2) is 110 Å². The number of halogens is 3. The van der Waals surface area contributed by atoms with Crippen LogP contribution in [0.2, 0.25) is 10.0 Å². The zero-order valence-electron chi connectivity index (χ0n) is 32.8. The van der Waals surface area contributed by atoms with Gasteiger partial charge in [0, 0.05) is 72.8 Å². The van der Waals surface area contributed by atoms with E-state index in [0.717, 1.165) is 16.7 Å². The van der Waals surface area contributed by atoms with Crippen LogP contribution in [0.3, 0.4) is 0 Å². The second-order valence-electron chi connectivity index (χ2n) is 13.7. The van der Waals surface area contributed by atoms with E-state index in [9.17, 15) is 24.3 Å². The van der Waals surface area contributed by atoms with E-state index < -0.39 is 5.97 Å². The van der Waals surface area contributed by atoms with Gasteiger partial charge in [0.05, 0.1) is 62.3 Å². The van der Waals surface area contributed by atoms with Crippen molar-refractivity contribution in [2.45, 2.75) is 20.0 Å². The minimum Gasteiger partial charge on any atom is -0.480 e. The molecule has 0 fully saturated rings. The van der Waals surface area contributed by atoms with Crippen molar-refractivity contribution in [1.82, 2.24) is 18.9 Å². The van der Waals surface area contributed by atoms with Crippen LogP contribution in [-0.4, -0.2) is 83.5 Å². The van der Waals surface area contributed by atoms with Crippen LogP contribution in [0.4, 0.5) is 11.4 Å². The number of carbonyl (C=O) groups excluding carboxylic acids is 1. The number of aliphatic carboxylic acids is 1. The van der Waals surface area contributed by atoms with Crippen LogP contribution in [0, 0.1) is 0 Å². The number of carboxylic acids is 1. The summed E-state index contributed by atoms with van der Waals surface area (Å²) in [6.07, 6.45) is 9.20. The van der Waals surface area contributed by atoms with Crippen molar-refractivity contribution in [2.24, 2.45) is 4.99 Å². The number of hydrogen-bond donors (Lipinski definition) is 1. The zero-order valence-corrected chi connectivity index (χ0v) is 35.9. The maximum Gasteiger partial charge on any atom is 0.325 e. The molecule has 16 heteroatoms. The van der Waals surface area contributed by atoms with E-state index in [4.69, 9.17) is 27.9 Å². The third-order valence-corrected chi connectivity index (χ3v) is 10.4. The molecule has 0 atom stereocenters. The van der Waals surface area contributed by atoms with Crippen LogP contribution < -0.4 is 20.7 Å². The lowest BCUT2D eigenvalue weighted by atomic mass is 10.1. The SMILES string of the molecule is C1=CCN=C1.CCOC(=O)Cn1c2cc(Br)ccc2c(=O)c2ccc(Cl)c(N(C)C)c21.CN(C)c1c(Cl)ccc2c(=O)c3ccc(-n4cccn4)cc3n(CC(=O)O)c12. The fourth-order valence-electron chi connectivity index (χ4n) is 6.93. The highest BCUT2D eigenvalue weighted by atomic mass is 79.9. The van der Waals surface area contributed by atoms with E-state index in [0.29, 0.717) is 71.6 Å². The van der Waals surface area contributed by atoms with Crippen LogP contribution in [0.25, 0.3) is 49.3 Å². The molecular formula is C43H40BrCl2N7O6. The summed E-state index contributed by atoms with van der Waals surface area (Å²) in [6.45, 7) is 2.62. The molecule has 4 aromatic carbocycles. The zero-order chi connectivity index (χ0) is 42.5. The van der Waals surface area contributed by atoms with Gasteiger partial charge in [0.2, 0.25) is 0 Å². The first kappa shape index (κ1) is 42.6. The van der Waals surface area contributed by atoms with Crippen LogP contribution in [0.1, 0.15) is 6.92 Å². The molecule has 0 unspecified atom stereocenters. The minimum atomic E-state index is -1.01. The monoisotopic (exact) mass is 899 g/mol. The number of nitrogens with zero attached hydrogens (tertiary/aromatic N) is 7. The van der Waals surface area contributed by atoms with Gasteiger partial charge in [0.1, 0.15) is 13.1 Å². The van der Waals surface area contributed by atoms with E-state index in [-0.39, 0.29) is 29.9 Å². The molecule has 304 valence electrons. The van der Waals surface area contributed by atoms with Crippen LogP contribution in [-0.2, 0) is 27.4 Å². The van der Waals surface area contributed by atoms with Gasteiger partial charge in [-0.2, -0.15) is 5.10 Å². The van der Waals surface area contributed by atoms with Crippen molar-refractivity contribution in [3.63, 3.8) is 0 Å². The Bertz CT molecular complexity index is 2910. The molecule has 0 saturated heterocycles. The summed E-state index contributed by atoms with van der Waals surface area (Å²) >= 11 is 16.3. The number of fused-ring (bicyclic) bond motifs is 4. The number of carboxylic acid groups (broad SMARTS) is 1. The fourth-order valence-corrected chi connectivity index (χ4v) is 7.92. The van der Waals surface area contributed by atoms with Crippen molar-refractivity contribution < 1.29 is 19.4 Å². The quantitative estimate of drug-likeness (QED) is 0.119. The molecule has 4 heterocycles. The Hall–Kier alpha value is -5.96. The summed E-state index contributed by atoms with van der Waals surface area (Å²) in [5.41, 5.74) is 4.02. The number of aromatic nitrogens is 4. The molecule has 0 bridgehead atoms. The van der Waals surface area contributed by atoms with Gasteiger partial charge < -0.3 is 28.8 Å². The summed E-state index contributed by atoms with van der Waals surface area (Å²) in [6, 6.07) is 19.2. The first-order valence-corrected chi connectivity index (χ1v) is 19.9. The van der Waals surface area contributed by atoms with Gasteiger partial charge in [-0.15, -0.1) is 0 Å². The molecule has 0 saturated carbocycles. The minimum absolute atomic E-state index is 0.0151. The standard InChI is InChI=1S/C20H17ClN4O3.C19H18BrClN2O3.C4H5N/c1-23(2)19-15(21)7-6-14-18(19)24(11-17(26)27)16-10-12(25-9-3-8-22-25)4-5-13(16)20(14)28;1-4-26-16(24)10-23-15-9-11(20)5-6-12(15)19(25)13-7-8-14(21)18(17(13)23)22(2)3;1-2-4-5-3-1/h3-10H,11H2,1-2H3,(H,26,27);5-9H,4,10H2,1-3H3;1-3H,4H2. The lowest BCUT2D eigenvalue weighted by Crippen LogP contribution is -2.21. The molecule has 13 nitrogen and oxygen atoms in total. The van der Waals surface area contributed by atoms with Gasteiger partial charge in [-0.25, -0.2) is 4.68 Å². The summed E-state index contributed by atoms with van der Waals surface area (Å²) in [7, 11) is 7.32. The van der Waals surface area contributed by atoms with Gasteiger partial charge in [0.15, 0.2) is 10.9 Å². The molecule has 0 radical (unpaired) electrons. The van der Waals surface area contributed by atoms with Gasteiger partial charge in [-0.05, 0) is 79.7 Å². The maximum absolute atomic E-state index is 13.2. The predicted octanol–water partition coefficient (Wildman–Crippen LogP) is 7.97. The Balaban J connectivity index is 0.000000177. The lowest BCUT2D eigenvalue weighted by molar-refractivity contribution is -0.143. The summed E-state index contributed by atoms with van der Waals surface area (Å²) < 4.78 is 11.0. The highest BCUT2D eigenvalue weighted by Crippen LogP contribution is 2.36. The topological polar surface area (TPSA) is 144 Å². The highest BCUT2D eigenvalue weighted by Gasteiger charge is 2.21. The molecule has 1 aliphatic rings. The average Bonchev–Trinajstić information content (AvgIpc) is 3.96. The Morgan fingerprint density at radius 2 is 1.37 bits per heavy atom. The van der Waals surface area contributed by atoms with E-state index >= 15 is 0 Å². The number of ether oxygens (including phenoxy) is 1. The molecule has 0 amide bonds. The second kappa shape index (κ2) is 18.3. The normalized spacial score (nSPS) is 11.7. The molecule has 3 aromatic heterocycles. The number of benzene rings is 4. The summed E-state index contributed by atoms with van der Waals surface area (Å²) in [5.74, 6) is -1.39. The molecule has 59 heavy (non-hydrogen) atoms. The van der Waals surface area contributed by atoms with Gasteiger partial charge >= 0.3 is 11.9 Å². The van der Waals surface area contributed by atoms with E-state index in [1.807, 2.05) is 43.3 Å². The summed E-state index contributed by atoms with van der Waals surface area (Å²) in [5, 5.41) is 16.6. The maximum atomic E-state index is 13.2. The molecule has 8 rings (SSSR count). The Kier molecular flexibility index (Phi) is 13.2. The van der Waals surface area contributed by atoms with E-state index in [1.165, 1.54) is 0 Å². The van der Waals surface area contributed by atoms with E-state index in [1.54, 1.807) is 113 Å². The Morgan fingerprint density at radius 1 is 0.814 bits per heavy atom. The fraction of sp³-hybridized carbons (Fsp3) is 0.209. The number of carbonyl (C=O) groups is 2. The van der Waals surface area contributed by atoms with Crippen molar-refractivity contribution in [3.05, 3.63) is 126 Å². The number of aliphatic imine (C=N–C) groups is 1. The number of anilines is 2. The number of rotatable bonds is 8. The molecule has 1 N–H and O–H groups in total. The van der Waals surface area contributed by atoms with Crippen LogP contribution >= 0.6 is 39.1 Å². The lowest BCUT2D eigenvalue weighted by Gasteiger charge is -2.22. The van der Waals surface area contributed by atoms with Crippen molar-refractivity contribution in [2.75, 3.05) is 51.1 Å². The molecular weight excluding hydrogens is 861 g/mol. The van der Waals surface area contributed by atoms with Crippen molar-refractivity contribution in [1.29, 1.82) is 0 Å². The Morgan fingerprint density at radius 3 is 1.85 bits per heavy atom. The molecule has 0 spiro atoms. The van der Waals surface area contributed by atoms with Crippen molar-refractivity contribution in [3.8, 4) is 5.69 Å². The third-order valence-electron chi connectivity index (χ3n) is 9.33.